The number of nitrogens with zero attached hydrogens (tertiary/aromatic N) is 2. The molecule has 3 fully saturated rings. The third-order valence-corrected chi connectivity index (χ3v) is 7.39. The van der Waals surface area contributed by atoms with Gasteiger partial charge in [0.2, 0.25) is 0 Å². The van der Waals surface area contributed by atoms with Crippen molar-refractivity contribution in [3.8, 4) is 11.5 Å². The van der Waals surface area contributed by atoms with Crippen LogP contribution in [0.3, 0.4) is 0 Å². The van der Waals surface area contributed by atoms with Crippen molar-refractivity contribution in [1.82, 2.24) is 5.01 Å². The molecule has 6 atom stereocenters. The number of allylic oxidation sites excluding steroid dienone is 2. The predicted octanol–water partition coefficient (Wildman–Crippen LogP) is 3.66. The number of benzene rings is 2. The number of rotatable bonds is 6. The van der Waals surface area contributed by atoms with Gasteiger partial charge in [0.1, 0.15) is 6.61 Å². The van der Waals surface area contributed by atoms with Gasteiger partial charge >= 0.3 is 0 Å². The maximum Gasteiger partial charge on any atom is 0.254 e. The van der Waals surface area contributed by atoms with E-state index in [0.717, 1.165) is 22.6 Å². The lowest BCUT2D eigenvalue weighted by atomic mass is 9.63. The highest BCUT2D eigenvalue weighted by Gasteiger charge is 2.67. The first-order valence-corrected chi connectivity index (χ1v) is 11.1. The highest BCUT2D eigenvalue weighted by atomic mass is 16.5. The average Bonchev–Trinajstić information content (AvgIpc) is 3.61. The maximum atomic E-state index is 13.0. The van der Waals surface area contributed by atoms with Gasteiger partial charge in [-0.2, -0.15) is 10.1 Å². The highest BCUT2D eigenvalue weighted by Crippen LogP contribution is 2.65. The Kier molecular flexibility index (Phi) is 4.42. The Morgan fingerprint density at radius 2 is 1.66 bits per heavy atom. The zero-order valence-corrected chi connectivity index (χ0v) is 17.8. The number of carbonyl (C=O) groups is 2. The Bertz CT molecular complexity index is 1110. The van der Waals surface area contributed by atoms with Gasteiger partial charge in [0.15, 0.2) is 11.5 Å². The normalized spacial score (nSPS) is 31.7. The summed E-state index contributed by atoms with van der Waals surface area (Å²) in [4.78, 5) is 26.1. The predicted molar refractivity (Wildman–Crippen MR) is 118 cm³/mol. The summed E-state index contributed by atoms with van der Waals surface area (Å²) in [6.07, 6.45) is 7.03. The van der Waals surface area contributed by atoms with Crippen LogP contribution in [0.2, 0.25) is 0 Å². The van der Waals surface area contributed by atoms with Gasteiger partial charge in [0.05, 0.1) is 25.2 Å². The van der Waals surface area contributed by atoms with E-state index in [9.17, 15) is 9.59 Å². The number of carbonyl (C=O) groups excluding carboxylic acids is 2. The van der Waals surface area contributed by atoms with E-state index in [1.807, 2.05) is 42.5 Å². The third-order valence-electron chi connectivity index (χ3n) is 7.39. The minimum atomic E-state index is -0.235. The van der Waals surface area contributed by atoms with Gasteiger partial charge in [-0.1, -0.05) is 42.5 Å². The fourth-order valence-electron chi connectivity index (χ4n) is 5.80. The summed E-state index contributed by atoms with van der Waals surface area (Å²) >= 11 is 0. The number of amides is 2. The van der Waals surface area contributed by atoms with Crippen LogP contribution >= 0.6 is 0 Å². The first-order chi connectivity index (χ1) is 15.7. The molecule has 2 aromatic carbocycles. The minimum Gasteiger partial charge on any atom is -0.493 e. The van der Waals surface area contributed by atoms with Crippen LogP contribution in [0.1, 0.15) is 17.5 Å². The van der Waals surface area contributed by atoms with Gasteiger partial charge < -0.3 is 9.47 Å². The monoisotopic (exact) mass is 428 g/mol. The molecule has 0 spiro atoms. The summed E-state index contributed by atoms with van der Waals surface area (Å²) in [6, 6.07) is 15.4. The van der Waals surface area contributed by atoms with Crippen molar-refractivity contribution in [3.05, 3.63) is 71.8 Å². The lowest BCUT2D eigenvalue weighted by Gasteiger charge is -2.37. The molecule has 2 saturated carbocycles. The van der Waals surface area contributed by atoms with Crippen LogP contribution in [0, 0.1) is 35.5 Å². The van der Waals surface area contributed by atoms with Crippen molar-refractivity contribution in [2.24, 2.45) is 40.6 Å². The van der Waals surface area contributed by atoms with Crippen molar-refractivity contribution >= 4 is 18.0 Å². The Balaban J connectivity index is 1.18. The summed E-state index contributed by atoms with van der Waals surface area (Å²) in [7, 11) is 1.58. The zero-order valence-electron chi connectivity index (χ0n) is 17.8. The van der Waals surface area contributed by atoms with Crippen LogP contribution in [0.5, 0.6) is 11.5 Å². The number of hydrazone groups is 1. The van der Waals surface area contributed by atoms with Gasteiger partial charge in [0, 0.05) is 0 Å². The van der Waals surface area contributed by atoms with E-state index in [1.54, 1.807) is 19.4 Å². The van der Waals surface area contributed by atoms with Crippen LogP contribution in [-0.4, -0.2) is 30.1 Å². The molecule has 32 heavy (non-hydrogen) atoms. The summed E-state index contributed by atoms with van der Waals surface area (Å²) in [5.41, 5.74) is 1.79. The fourth-order valence-corrected chi connectivity index (χ4v) is 5.80. The lowest BCUT2D eigenvalue weighted by Crippen LogP contribution is -2.40. The molecule has 2 bridgehead atoms. The Morgan fingerprint density at radius 3 is 2.31 bits per heavy atom. The molecular weight excluding hydrogens is 404 g/mol. The van der Waals surface area contributed by atoms with E-state index in [-0.39, 0.29) is 35.5 Å². The van der Waals surface area contributed by atoms with E-state index in [1.165, 1.54) is 0 Å². The number of imide groups is 1. The van der Waals surface area contributed by atoms with E-state index >= 15 is 0 Å². The highest BCUT2D eigenvalue weighted by molar-refractivity contribution is 6.06. The van der Waals surface area contributed by atoms with E-state index < -0.39 is 0 Å². The van der Waals surface area contributed by atoms with Crippen LogP contribution in [0.15, 0.2) is 65.8 Å². The van der Waals surface area contributed by atoms with Gasteiger partial charge in [-0.3, -0.25) is 9.59 Å². The van der Waals surface area contributed by atoms with Crippen LogP contribution < -0.4 is 9.47 Å². The molecule has 162 valence electrons. The molecule has 7 rings (SSSR count). The molecule has 0 aromatic heterocycles. The number of ether oxygens (including phenoxy) is 2. The first kappa shape index (κ1) is 19.3. The lowest BCUT2D eigenvalue weighted by molar-refractivity contribution is -0.140. The third kappa shape index (κ3) is 2.97. The van der Waals surface area contributed by atoms with Gasteiger partial charge in [0.25, 0.3) is 11.8 Å². The molecule has 0 radical (unpaired) electrons. The molecule has 6 heteroatoms. The maximum absolute atomic E-state index is 13.0. The van der Waals surface area contributed by atoms with Crippen LogP contribution in [0.25, 0.3) is 0 Å². The first-order valence-electron chi connectivity index (χ1n) is 11.1. The Morgan fingerprint density at radius 1 is 0.969 bits per heavy atom. The van der Waals surface area contributed by atoms with Crippen LogP contribution in [-0.2, 0) is 16.2 Å². The molecule has 1 aliphatic heterocycles. The van der Waals surface area contributed by atoms with Gasteiger partial charge in [-0.15, -0.1) is 0 Å². The van der Waals surface area contributed by atoms with E-state index in [4.69, 9.17) is 9.47 Å². The summed E-state index contributed by atoms with van der Waals surface area (Å²) < 4.78 is 11.4. The molecular formula is C26H24N2O4. The smallest absolute Gasteiger partial charge is 0.254 e. The van der Waals surface area contributed by atoms with Crippen molar-refractivity contribution in [2.75, 3.05) is 7.11 Å². The number of hydrogen-bond acceptors (Lipinski definition) is 5. The van der Waals surface area contributed by atoms with Crippen molar-refractivity contribution < 1.29 is 19.1 Å². The summed E-state index contributed by atoms with van der Waals surface area (Å²) in [5.74, 6) is 1.98. The molecule has 0 N–H and O–H groups in total. The summed E-state index contributed by atoms with van der Waals surface area (Å²) in [6.45, 7) is 0.433. The second-order valence-electron chi connectivity index (χ2n) is 9.07. The van der Waals surface area contributed by atoms with Gasteiger partial charge in [-0.25, -0.2) is 0 Å². The molecule has 6 nitrogen and oxygen atoms in total. The van der Waals surface area contributed by atoms with Crippen LogP contribution in [0.4, 0.5) is 0 Å². The molecule has 1 heterocycles. The SMILES string of the molecule is COc1cc(/C=N\N2C(=O)[C@@H]3[C@H]4C=C[C@@H]([C@@H]5C[C@@H]45)[C@@H]3C2=O)ccc1OCc1ccccc1. The quantitative estimate of drug-likeness (QED) is 0.400. The molecule has 4 aliphatic carbocycles. The largest absolute Gasteiger partial charge is 0.493 e. The molecule has 2 aromatic rings. The van der Waals surface area contributed by atoms with Gasteiger partial charge in [-0.05, 0) is 59.4 Å². The van der Waals surface area contributed by atoms with Crippen molar-refractivity contribution in [1.29, 1.82) is 0 Å². The molecule has 0 unspecified atom stereocenters. The van der Waals surface area contributed by atoms with Crippen molar-refractivity contribution in [2.45, 2.75) is 13.0 Å². The zero-order chi connectivity index (χ0) is 21.8. The Labute approximate surface area is 186 Å². The molecule has 5 aliphatic rings. The summed E-state index contributed by atoms with van der Waals surface area (Å²) in [5, 5.41) is 5.40. The second kappa shape index (κ2) is 7.33. The van der Waals surface area contributed by atoms with Crippen molar-refractivity contribution in [3.63, 3.8) is 0 Å². The topological polar surface area (TPSA) is 68.2 Å². The number of methoxy groups -OCH3 is 1. The second-order valence-corrected chi connectivity index (χ2v) is 9.07. The standard InChI is InChI=1S/C26H24N2O4/c1-31-22-11-16(7-10-21(22)32-14-15-5-3-2-4-6-15)13-27-28-25(29)23-17-8-9-18(20-12-19(17)20)24(23)26(28)30/h2-11,13,17-20,23-24H,12,14H2,1H3/b27-13-/t17-,18-,19-,20-,23-,24+/m0/s1. The Hall–Kier alpha value is -3.41. The van der Waals surface area contributed by atoms with E-state index in [2.05, 4.69) is 17.3 Å². The fraction of sp³-hybridized carbons (Fsp3) is 0.346. The minimum absolute atomic E-state index is 0.157. The molecule has 2 amide bonds. The average molecular weight is 428 g/mol. The van der Waals surface area contributed by atoms with E-state index in [0.29, 0.717) is 29.9 Å². The molecule has 1 saturated heterocycles. The number of hydrogen-bond donors (Lipinski definition) is 0.